The molecule has 0 unspecified atom stereocenters. The van der Waals surface area contributed by atoms with Crippen LogP contribution in [-0.4, -0.2) is 29.2 Å². The average molecular weight is 292 g/mol. The number of rotatable bonds is 5. The number of nitrogens with one attached hydrogen (secondary N) is 1. The first-order valence-electron chi connectivity index (χ1n) is 7.19. The van der Waals surface area contributed by atoms with Crippen molar-refractivity contribution in [1.82, 2.24) is 9.97 Å². The first kappa shape index (κ1) is 13.6. The van der Waals surface area contributed by atoms with Crippen molar-refractivity contribution in [3.63, 3.8) is 0 Å². The fourth-order valence-electron chi connectivity index (χ4n) is 2.63. The zero-order valence-corrected chi connectivity index (χ0v) is 12.3. The van der Waals surface area contributed by atoms with Crippen LogP contribution in [0.1, 0.15) is 32.1 Å². The van der Waals surface area contributed by atoms with Gasteiger partial charge in [0.05, 0.1) is 18.1 Å². The average Bonchev–Trinajstić information content (AvgIpc) is 2.92. The van der Waals surface area contributed by atoms with Crippen molar-refractivity contribution >= 4 is 33.3 Å². The van der Waals surface area contributed by atoms with Gasteiger partial charge < -0.3 is 15.8 Å². The number of aromatic nitrogens is 2. The first-order valence-corrected chi connectivity index (χ1v) is 8.07. The van der Waals surface area contributed by atoms with Crippen molar-refractivity contribution < 1.29 is 4.74 Å². The molecule has 0 saturated heterocycles. The van der Waals surface area contributed by atoms with Gasteiger partial charge in [0.1, 0.15) is 10.6 Å². The van der Waals surface area contributed by atoms with Crippen molar-refractivity contribution in [3.05, 3.63) is 11.4 Å². The number of thiophene rings is 1. The van der Waals surface area contributed by atoms with Gasteiger partial charge in [0, 0.05) is 6.54 Å². The third kappa shape index (κ3) is 3.19. The predicted molar refractivity (Wildman–Crippen MR) is 83.1 cm³/mol. The molecule has 2 aromatic rings. The SMILES string of the molecule is Nc1nc(NCCOC2CCCCC2)c2ccsc2n1. The summed E-state index contributed by atoms with van der Waals surface area (Å²) in [5.74, 6) is 1.12. The Morgan fingerprint density at radius 1 is 1.30 bits per heavy atom. The van der Waals surface area contributed by atoms with Crippen LogP contribution in [0.2, 0.25) is 0 Å². The molecule has 0 bridgehead atoms. The summed E-state index contributed by atoms with van der Waals surface area (Å²) in [4.78, 5) is 9.40. The van der Waals surface area contributed by atoms with E-state index in [4.69, 9.17) is 10.5 Å². The molecule has 0 radical (unpaired) electrons. The second kappa shape index (κ2) is 6.37. The van der Waals surface area contributed by atoms with E-state index in [9.17, 15) is 0 Å². The largest absolute Gasteiger partial charge is 0.376 e. The molecule has 0 aromatic carbocycles. The molecule has 20 heavy (non-hydrogen) atoms. The predicted octanol–water partition coefficient (Wildman–Crippen LogP) is 3.03. The Morgan fingerprint density at radius 2 is 2.15 bits per heavy atom. The van der Waals surface area contributed by atoms with E-state index in [2.05, 4.69) is 15.3 Å². The maximum Gasteiger partial charge on any atom is 0.223 e. The van der Waals surface area contributed by atoms with E-state index in [-0.39, 0.29) is 0 Å². The monoisotopic (exact) mass is 292 g/mol. The van der Waals surface area contributed by atoms with Crippen molar-refractivity contribution in [1.29, 1.82) is 0 Å². The molecular weight excluding hydrogens is 272 g/mol. The highest BCUT2D eigenvalue weighted by molar-refractivity contribution is 7.16. The molecule has 1 fully saturated rings. The molecule has 3 N–H and O–H groups in total. The molecule has 0 atom stereocenters. The highest BCUT2D eigenvalue weighted by atomic mass is 32.1. The maximum atomic E-state index is 5.89. The Labute approximate surface area is 122 Å². The van der Waals surface area contributed by atoms with Crippen molar-refractivity contribution in [3.8, 4) is 0 Å². The quantitative estimate of drug-likeness (QED) is 0.829. The van der Waals surface area contributed by atoms with E-state index in [1.54, 1.807) is 11.3 Å². The van der Waals surface area contributed by atoms with Crippen LogP contribution in [0.4, 0.5) is 11.8 Å². The van der Waals surface area contributed by atoms with Gasteiger partial charge in [0.15, 0.2) is 0 Å². The van der Waals surface area contributed by atoms with Crippen LogP contribution in [0.5, 0.6) is 0 Å². The van der Waals surface area contributed by atoms with Crippen LogP contribution in [0, 0.1) is 0 Å². The number of ether oxygens (including phenoxy) is 1. The summed E-state index contributed by atoms with van der Waals surface area (Å²) in [5, 5.41) is 6.34. The topological polar surface area (TPSA) is 73.1 Å². The minimum atomic E-state index is 0.315. The van der Waals surface area contributed by atoms with E-state index >= 15 is 0 Å². The van der Waals surface area contributed by atoms with Gasteiger partial charge in [-0.1, -0.05) is 19.3 Å². The zero-order valence-electron chi connectivity index (χ0n) is 11.5. The highest BCUT2D eigenvalue weighted by Crippen LogP contribution is 2.25. The van der Waals surface area contributed by atoms with E-state index in [0.29, 0.717) is 18.7 Å². The van der Waals surface area contributed by atoms with Crippen LogP contribution < -0.4 is 11.1 Å². The summed E-state index contributed by atoms with van der Waals surface area (Å²) in [6.45, 7) is 1.46. The van der Waals surface area contributed by atoms with Gasteiger partial charge in [-0.2, -0.15) is 4.98 Å². The van der Waals surface area contributed by atoms with Crippen LogP contribution in [0.3, 0.4) is 0 Å². The minimum absolute atomic E-state index is 0.315. The van der Waals surface area contributed by atoms with Gasteiger partial charge in [0.25, 0.3) is 0 Å². The van der Waals surface area contributed by atoms with E-state index in [0.717, 1.165) is 22.6 Å². The number of nitrogen functional groups attached to an aromatic ring is 1. The fraction of sp³-hybridized carbons (Fsp3) is 0.571. The number of hydrogen-bond donors (Lipinski definition) is 2. The highest BCUT2D eigenvalue weighted by Gasteiger charge is 2.13. The Morgan fingerprint density at radius 3 is 3.00 bits per heavy atom. The lowest BCUT2D eigenvalue weighted by Crippen LogP contribution is -2.20. The smallest absolute Gasteiger partial charge is 0.223 e. The summed E-state index contributed by atoms with van der Waals surface area (Å²) < 4.78 is 5.89. The lowest BCUT2D eigenvalue weighted by molar-refractivity contribution is 0.0347. The van der Waals surface area contributed by atoms with Gasteiger partial charge >= 0.3 is 0 Å². The number of anilines is 2. The van der Waals surface area contributed by atoms with Gasteiger partial charge in [0.2, 0.25) is 5.95 Å². The third-order valence-electron chi connectivity index (χ3n) is 3.64. The summed E-state index contributed by atoms with van der Waals surface area (Å²) in [7, 11) is 0. The van der Waals surface area contributed by atoms with Crippen molar-refractivity contribution in [2.45, 2.75) is 38.2 Å². The van der Waals surface area contributed by atoms with Gasteiger partial charge in [-0.25, -0.2) is 4.98 Å². The van der Waals surface area contributed by atoms with Crippen LogP contribution in [0.15, 0.2) is 11.4 Å². The number of fused-ring (bicyclic) bond motifs is 1. The second-order valence-corrected chi connectivity index (χ2v) is 6.02. The molecule has 0 spiro atoms. The van der Waals surface area contributed by atoms with Gasteiger partial charge in [-0.3, -0.25) is 0 Å². The van der Waals surface area contributed by atoms with E-state index in [1.165, 1.54) is 32.1 Å². The Balaban J connectivity index is 1.53. The lowest BCUT2D eigenvalue weighted by Gasteiger charge is -2.22. The molecule has 108 valence electrons. The molecule has 6 heteroatoms. The Hall–Kier alpha value is -1.40. The van der Waals surface area contributed by atoms with Crippen LogP contribution in [0.25, 0.3) is 10.2 Å². The molecule has 1 aliphatic rings. The van der Waals surface area contributed by atoms with Crippen LogP contribution >= 0.6 is 11.3 Å². The number of hydrogen-bond acceptors (Lipinski definition) is 6. The molecule has 1 aliphatic carbocycles. The summed E-state index contributed by atoms with van der Waals surface area (Å²) >= 11 is 1.58. The normalized spacial score (nSPS) is 16.6. The van der Waals surface area contributed by atoms with E-state index < -0.39 is 0 Å². The molecule has 0 amide bonds. The van der Waals surface area contributed by atoms with Crippen molar-refractivity contribution in [2.75, 3.05) is 24.2 Å². The van der Waals surface area contributed by atoms with Crippen LogP contribution in [-0.2, 0) is 4.74 Å². The molecular formula is C14H20N4OS. The first-order chi connectivity index (χ1) is 9.83. The maximum absolute atomic E-state index is 5.89. The fourth-order valence-corrected chi connectivity index (χ4v) is 3.40. The van der Waals surface area contributed by atoms with Gasteiger partial charge in [-0.15, -0.1) is 11.3 Å². The zero-order chi connectivity index (χ0) is 13.8. The number of nitrogens with two attached hydrogens (primary N) is 1. The van der Waals surface area contributed by atoms with E-state index in [1.807, 2.05) is 11.4 Å². The standard InChI is InChI=1S/C14H20N4OS/c15-14-17-12(11-6-9-20-13(11)18-14)16-7-8-19-10-4-2-1-3-5-10/h6,9-10H,1-5,7-8H2,(H3,15,16,17,18). The van der Waals surface area contributed by atoms with Gasteiger partial charge in [-0.05, 0) is 24.3 Å². The minimum Gasteiger partial charge on any atom is -0.376 e. The summed E-state index contributed by atoms with van der Waals surface area (Å²) in [6.07, 6.45) is 6.81. The molecule has 0 aliphatic heterocycles. The lowest BCUT2D eigenvalue weighted by atomic mass is 9.98. The molecule has 3 rings (SSSR count). The third-order valence-corrected chi connectivity index (χ3v) is 4.45. The molecule has 2 heterocycles. The molecule has 2 aromatic heterocycles. The molecule has 5 nitrogen and oxygen atoms in total. The Kier molecular flexibility index (Phi) is 4.32. The summed E-state index contributed by atoms with van der Waals surface area (Å²) in [6, 6.07) is 2.02. The molecule has 1 saturated carbocycles. The Bertz CT molecular complexity index is 565. The number of nitrogens with zero attached hydrogens (tertiary/aromatic N) is 2. The van der Waals surface area contributed by atoms with Crippen molar-refractivity contribution in [2.24, 2.45) is 0 Å². The second-order valence-electron chi connectivity index (χ2n) is 5.13. The summed E-state index contributed by atoms with van der Waals surface area (Å²) in [5.41, 5.74) is 5.72.